The first-order valence-corrected chi connectivity index (χ1v) is 5.28. The normalized spacial score (nSPS) is 16.6. The number of aliphatic hydroxyl groups excluding tert-OH is 2. The second-order valence-electron chi connectivity index (χ2n) is 4.80. The molecule has 0 rings (SSSR count). The molecule has 2 N–H and O–H groups in total. The summed E-state index contributed by atoms with van der Waals surface area (Å²) in [6, 6.07) is 0. The highest BCUT2D eigenvalue weighted by Crippen LogP contribution is 2.14. The molecule has 2 nitrogen and oxygen atoms in total. The summed E-state index contributed by atoms with van der Waals surface area (Å²) in [5.41, 5.74) is 0. The number of hydrogen-bond donors (Lipinski definition) is 2. The van der Waals surface area contributed by atoms with Crippen LogP contribution in [0.1, 0.15) is 47.0 Å². The maximum absolute atomic E-state index is 9.54. The average molecular weight is 188 g/mol. The molecule has 0 aromatic carbocycles. The summed E-state index contributed by atoms with van der Waals surface area (Å²) in [4.78, 5) is 0. The third-order valence-corrected chi connectivity index (χ3v) is 2.03. The van der Waals surface area contributed by atoms with Gasteiger partial charge in [0.05, 0.1) is 12.2 Å². The van der Waals surface area contributed by atoms with Crippen LogP contribution in [0.3, 0.4) is 0 Å². The molecule has 0 aliphatic carbocycles. The quantitative estimate of drug-likeness (QED) is 0.671. The van der Waals surface area contributed by atoms with E-state index in [-0.39, 0.29) is 12.2 Å². The van der Waals surface area contributed by atoms with Crippen molar-refractivity contribution in [2.24, 2.45) is 11.8 Å². The van der Waals surface area contributed by atoms with Crippen LogP contribution < -0.4 is 0 Å². The van der Waals surface area contributed by atoms with E-state index in [0.717, 1.165) is 12.8 Å². The minimum atomic E-state index is -0.339. The molecule has 0 saturated carbocycles. The van der Waals surface area contributed by atoms with Crippen molar-refractivity contribution in [3.05, 3.63) is 0 Å². The number of aliphatic hydroxyl groups is 2. The van der Waals surface area contributed by atoms with Crippen molar-refractivity contribution < 1.29 is 10.2 Å². The van der Waals surface area contributed by atoms with E-state index in [0.29, 0.717) is 18.3 Å². The Hall–Kier alpha value is -0.0800. The Morgan fingerprint density at radius 2 is 1.00 bits per heavy atom. The largest absolute Gasteiger partial charge is 0.393 e. The zero-order valence-corrected chi connectivity index (χ0v) is 9.33. The molecule has 0 spiro atoms. The van der Waals surface area contributed by atoms with Crippen molar-refractivity contribution in [1.82, 2.24) is 0 Å². The molecule has 2 heteroatoms. The van der Waals surface area contributed by atoms with Crippen LogP contribution in [0.15, 0.2) is 0 Å². The molecule has 0 aromatic heterocycles. The Labute approximate surface area is 82.0 Å². The maximum Gasteiger partial charge on any atom is 0.0567 e. The molecular formula is C11H24O2. The van der Waals surface area contributed by atoms with Gasteiger partial charge in [-0.1, -0.05) is 27.7 Å². The SMILES string of the molecule is CC(C)CC(O)CC(O)CC(C)C. The highest BCUT2D eigenvalue weighted by molar-refractivity contribution is 4.66. The Balaban J connectivity index is 3.58. The fourth-order valence-corrected chi connectivity index (χ4v) is 1.59. The van der Waals surface area contributed by atoms with Gasteiger partial charge in [0.25, 0.3) is 0 Å². The first-order chi connectivity index (χ1) is 5.91. The van der Waals surface area contributed by atoms with E-state index in [4.69, 9.17) is 0 Å². The van der Waals surface area contributed by atoms with E-state index >= 15 is 0 Å². The van der Waals surface area contributed by atoms with Crippen molar-refractivity contribution in [2.75, 3.05) is 0 Å². The zero-order valence-electron chi connectivity index (χ0n) is 9.33. The van der Waals surface area contributed by atoms with Crippen LogP contribution in [0.5, 0.6) is 0 Å². The summed E-state index contributed by atoms with van der Waals surface area (Å²) >= 11 is 0. The molecule has 0 aliphatic heterocycles. The molecule has 0 amide bonds. The van der Waals surface area contributed by atoms with Gasteiger partial charge in [0.15, 0.2) is 0 Å². The Morgan fingerprint density at radius 1 is 0.692 bits per heavy atom. The van der Waals surface area contributed by atoms with Crippen molar-refractivity contribution in [3.8, 4) is 0 Å². The van der Waals surface area contributed by atoms with Gasteiger partial charge in [0, 0.05) is 0 Å². The molecule has 0 fully saturated rings. The van der Waals surface area contributed by atoms with Gasteiger partial charge in [0.2, 0.25) is 0 Å². The van der Waals surface area contributed by atoms with Crippen molar-refractivity contribution in [1.29, 1.82) is 0 Å². The molecule has 0 heterocycles. The Kier molecular flexibility index (Phi) is 6.35. The highest BCUT2D eigenvalue weighted by Gasteiger charge is 2.14. The average Bonchev–Trinajstić information content (AvgIpc) is 1.80. The van der Waals surface area contributed by atoms with Crippen LogP contribution in [0.25, 0.3) is 0 Å². The van der Waals surface area contributed by atoms with E-state index in [1.54, 1.807) is 0 Å². The smallest absolute Gasteiger partial charge is 0.0567 e. The number of hydrogen-bond acceptors (Lipinski definition) is 2. The van der Waals surface area contributed by atoms with Crippen molar-refractivity contribution in [2.45, 2.75) is 59.2 Å². The summed E-state index contributed by atoms with van der Waals surface area (Å²) in [5, 5.41) is 19.1. The van der Waals surface area contributed by atoms with Gasteiger partial charge in [0.1, 0.15) is 0 Å². The lowest BCUT2D eigenvalue weighted by molar-refractivity contribution is 0.0579. The van der Waals surface area contributed by atoms with E-state index in [2.05, 4.69) is 27.7 Å². The third kappa shape index (κ3) is 8.26. The van der Waals surface area contributed by atoms with Gasteiger partial charge >= 0.3 is 0 Å². The van der Waals surface area contributed by atoms with Crippen LogP contribution >= 0.6 is 0 Å². The van der Waals surface area contributed by atoms with E-state index in [9.17, 15) is 10.2 Å². The second-order valence-corrected chi connectivity index (χ2v) is 4.80. The first-order valence-electron chi connectivity index (χ1n) is 5.28. The molecule has 0 aliphatic rings. The van der Waals surface area contributed by atoms with Gasteiger partial charge in [-0.15, -0.1) is 0 Å². The van der Waals surface area contributed by atoms with Gasteiger partial charge in [-0.2, -0.15) is 0 Å². The van der Waals surface area contributed by atoms with Crippen LogP contribution in [-0.4, -0.2) is 22.4 Å². The lowest BCUT2D eigenvalue weighted by atomic mass is 9.97. The zero-order chi connectivity index (χ0) is 10.4. The molecule has 80 valence electrons. The lowest BCUT2D eigenvalue weighted by Gasteiger charge is -2.18. The standard InChI is InChI=1S/C11H24O2/c1-8(2)5-10(12)7-11(13)6-9(3)4/h8-13H,5-7H2,1-4H3. The molecule has 13 heavy (non-hydrogen) atoms. The van der Waals surface area contributed by atoms with Gasteiger partial charge < -0.3 is 10.2 Å². The number of rotatable bonds is 6. The van der Waals surface area contributed by atoms with Gasteiger partial charge in [-0.05, 0) is 31.1 Å². The predicted molar refractivity (Wildman–Crippen MR) is 55.5 cm³/mol. The first kappa shape index (κ1) is 12.9. The van der Waals surface area contributed by atoms with Gasteiger partial charge in [-0.25, -0.2) is 0 Å². The van der Waals surface area contributed by atoms with E-state index < -0.39 is 0 Å². The lowest BCUT2D eigenvalue weighted by Crippen LogP contribution is -2.20. The van der Waals surface area contributed by atoms with Crippen LogP contribution in [-0.2, 0) is 0 Å². The minimum absolute atomic E-state index is 0.339. The molecule has 2 unspecified atom stereocenters. The van der Waals surface area contributed by atoms with Crippen molar-refractivity contribution >= 4 is 0 Å². The Morgan fingerprint density at radius 3 is 1.23 bits per heavy atom. The second kappa shape index (κ2) is 6.39. The summed E-state index contributed by atoms with van der Waals surface area (Å²) in [6.07, 6.45) is 1.42. The molecular weight excluding hydrogens is 164 g/mol. The fourth-order valence-electron chi connectivity index (χ4n) is 1.59. The molecule has 0 aromatic rings. The summed E-state index contributed by atoms with van der Waals surface area (Å²) < 4.78 is 0. The maximum atomic E-state index is 9.54. The van der Waals surface area contributed by atoms with Crippen LogP contribution in [0, 0.1) is 11.8 Å². The Bertz CT molecular complexity index is 107. The molecule has 2 atom stereocenters. The summed E-state index contributed by atoms with van der Waals surface area (Å²) in [6.45, 7) is 8.33. The van der Waals surface area contributed by atoms with E-state index in [1.165, 1.54) is 0 Å². The predicted octanol–water partition coefficient (Wildman–Crippen LogP) is 2.19. The third-order valence-electron chi connectivity index (χ3n) is 2.03. The summed E-state index contributed by atoms with van der Waals surface area (Å²) in [7, 11) is 0. The van der Waals surface area contributed by atoms with Crippen LogP contribution in [0.4, 0.5) is 0 Å². The minimum Gasteiger partial charge on any atom is -0.393 e. The van der Waals surface area contributed by atoms with Crippen molar-refractivity contribution in [3.63, 3.8) is 0 Å². The van der Waals surface area contributed by atoms with Crippen LogP contribution in [0.2, 0.25) is 0 Å². The fraction of sp³-hybridized carbons (Fsp3) is 1.00. The summed E-state index contributed by atoms with van der Waals surface area (Å²) in [5.74, 6) is 1.00. The highest BCUT2D eigenvalue weighted by atomic mass is 16.3. The monoisotopic (exact) mass is 188 g/mol. The molecule has 0 radical (unpaired) electrons. The topological polar surface area (TPSA) is 40.5 Å². The molecule has 0 bridgehead atoms. The van der Waals surface area contributed by atoms with E-state index in [1.807, 2.05) is 0 Å². The molecule has 0 saturated heterocycles. The van der Waals surface area contributed by atoms with Gasteiger partial charge in [-0.3, -0.25) is 0 Å².